The number of methoxy groups -OCH3 is 1. The number of imidazole rings is 1. The van der Waals surface area contributed by atoms with Crippen molar-refractivity contribution in [1.29, 1.82) is 0 Å². The van der Waals surface area contributed by atoms with Gasteiger partial charge in [-0.1, -0.05) is 0 Å². The summed E-state index contributed by atoms with van der Waals surface area (Å²) in [6.45, 7) is 0. The van der Waals surface area contributed by atoms with Gasteiger partial charge in [0.25, 0.3) is 0 Å². The number of rotatable bonds is 2. The third kappa shape index (κ3) is 1.83. The zero-order chi connectivity index (χ0) is 11.8. The molecule has 3 rings (SSSR count). The topological polar surface area (TPSA) is 50.8 Å². The Morgan fingerprint density at radius 1 is 1.29 bits per heavy atom. The summed E-state index contributed by atoms with van der Waals surface area (Å²) in [5.74, 6) is 1.39. The highest BCUT2D eigenvalue weighted by molar-refractivity contribution is 9.10. The lowest BCUT2D eigenvalue weighted by atomic mass is 10.4. The number of nitrogens with zero attached hydrogens (tertiary/aromatic N) is 2. The fourth-order valence-corrected chi connectivity index (χ4v) is 3.06. The van der Waals surface area contributed by atoms with E-state index in [1.165, 1.54) is 0 Å². The lowest BCUT2D eigenvalue weighted by Crippen LogP contribution is -1.86. The Hall–Kier alpha value is -1.40. The van der Waals surface area contributed by atoms with E-state index in [0.29, 0.717) is 11.5 Å². The predicted octanol–water partition coefficient (Wildman–Crippen LogP) is 3.46. The van der Waals surface area contributed by atoms with Gasteiger partial charge in [-0.05, 0) is 33.4 Å². The number of H-pyrrole nitrogens is 1. The molecule has 0 spiro atoms. The van der Waals surface area contributed by atoms with Crippen molar-refractivity contribution in [3.05, 3.63) is 28.1 Å². The van der Waals surface area contributed by atoms with Crippen LogP contribution in [0.1, 0.15) is 0 Å². The van der Waals surface area contributed by atoms with Crippen molar-refractivity contribution in [1.82, 2.24) is 15.0 Å². The van der Waals surface area contributed by atoms with Gasteiger partial charge in [0.15, 0.2) is 11.5 Å². The number of ether oxygens (including phenoxy) is 1. The van der Waals surface area contributed by atoms with Gasteiger partial charge in [0, 0.05) is 10.5 Å². The number of aromatic nitrogens is 3. The smallest absolute Gasteiger partial charge is 0.215 e. The van der Waals surface area contributed by atoms with Crippen LogP contribution < -0.4 is 4.74 Å². The molecule has 3 aromatic heterocycles. The zero-order valence-corrected chi connectivity index (χ0v) is 11.3. The van der Waals surface area contributed by atoms with Crippen molar-refractivity contribution in [2.45, 2.75) is 0 Å². The van der Waals surface area contributed by atoms with Crippen LogP contribution in [0.15, 0.2) is 28.1 Å². The summed E-state index contributed by atoms with van der Waals surface area (Å²) in [7, 11) is 1.59. The second-order valence-electron chi connectivity index (χ2n) is 3.41. The standard InChI is InChI=1S/C11H8BrN3OS/c1-16-8-3-2-7-10(14-8)15-11(13-7)9-6(12)4-5-17-9/h2-5H,1H3,(H,13,14,15). The summed E-state index contributed by atoms with van der Waals surface area (Å²) in [5, 5.41) is 2.01. The van der Waals surface area contributed by atoms with Crippen molar-refractivity contribution in [3.63, 3.8) is 0 Å². The molecule has 0 bridgehead atoms. The molecule has 4 nitrogen and oxygen atoms in total. The highest BCUT2D eigenvalue weighted by Gasteiger charge is 2.11. The Morgan fingerprint density at radius 2 is 2.18 bits per heavy atom. The second kappa shape index (κ2) is 4.12. The van der Waals surface area contributed by atoms with Gasteiger partial charge in [-0.15, -0.1) is 11.3 Å². The first-order valence-electron chi connectivity index (χ1n) is 4.92. The number of hydrogen-bond acceptors (Lipinski definition) is 4. The lowest BCUT2D eigenvalue weighted by molar-refractivity contribution is 0.399. The molecule has 0 fully saturated rings. The van der Waals surface area contributed by atoms with E-state index in [1.54, 1.807) is 18.4 Å². The molecule has 0 amide bonds. The van der Waals surface area contributed by atoms with Crippen LogP contribution in [0, 0.1) is 0 Å². The molecular formula is C11H8BrN3OS. The summed E-state index contributed by atoms with van der Waals surface area (Å²) in [4.78, 5) is 13.0. The minimum Gasteiger partial charge on any atom is -0.481 e. The maximum Gasteiger partial charge on any atom is 0.215 e. The van der Waals surface area contributed by atoms with Crippen LogP contribution in [0.4, 0.5) is 0 Å². The van der Waals surface area contributed by atoms with E-state index >= 15 is 0 Å². The molecule has 0 saturated carbocycles. The van der Waals surface area contributed by atoms with Crippen LogP contribution in [0.25, 0.3) is 21.9 Å². The van der Waals surface area contributed by atoms with E-state index in [4.69, 9.17) is 4.74 Å². The van der Waals surface area contributed by atoms with Crippen molar-refractivity contribution < 1.29 is 4.74 Å². The van der Waals surface area contributed by atoms with Gasteiger partial charge in [0.05, 0.1) is 17.5 Å². The van der Waals surface area contributed by atoms with Crippen molar-refractivity contribution in [3.8, 4) is 16.6 Å². The fourth-order valence-electron chi connectivity index (χ4n) is 1.56. The van der Waals surface area contributed by atoms with Crippen LogP contribution in [0.5, 0.6) is 5.88 Å². The molecule has 0 radical (unpaired) electrons. The van der Waals surface area contributed by atoms with E-state index in [-0.39, 0.29) is 0 Å². The summed E-state index contributed by atoms with van der Waals surface area (Å²) in [6.07, 6.45) is 0. The molecule has 3 aromatic rings. The average molecular weight is 310 g/mol. The summed E-state index contributed by atoms with van der Waals surface area (Å²) in [5.41, 5.74) is 1.57. The van der Waals surface area contributed by atoms with Gasteiger partial charge in [-0.3, -0.25) is 0 Å². The Morgan fingerprint density at radius 3 is 2.88 bits per heavy atom. The van der Waals surface area contributed by atoms with Gasteiger partial charge >= 0.3 is 0 Å². The van der Waals surface area contributed by atoms with Gasteiger partial charge in [0.2, 0.25) is 5.88 Å². The largest absolute Gasteiger partial charge is 0.481 e. The molecule has 0 aliphatic rings. The molecule has 3 heterocycles. The van der Waals surface area contributed by atoms with E-state index < -0.39 is 0 Å². The Balaban J connectivity index is 2.17. The third-order valence-corrected chi connectivity index (χ3v) is 4.21. The Kier molecular flexibility index (Phi) is 2.60. The maximum absolute atomic E-state index is 5.07. The molecule has 86 valence electrons. The van der Waals surface area contributed by atoms with Gasteiger partial charge in [-0.2, -0.15) is 4.98 Å². The number of fused-ring (bicyclic) bond motifs is 1. The Labute approximate surface area is 110 Å². The van der Waals surface area contributed by atoms with Crippen molar-refractivity contribution in [2.75, 3.05) is 7.11 Å². The van der Waals surface area contributed by atoms with Gasteiger partial charge < -0.3 is 9.72 Å². The van der Waals surface area contributed by atoms with Crippen molar-refractivity contribution >= 4 is 38.4 Å². The predicted molar refractivity (Wildman–Crippen MR) is 71.5 cm³/mol. The molecule has 0 unspecified atom stereocenters. The fraction of sp³-hybridized carbons (Fsp3) is 0.0909. The van der Waals surface area contributed by atoms with Gasteiger partial charge in [-0.25, -0.2) is 4.98 Å². The lowest BCUT2D eigenvalue weighted by Gasteiger charge is -1.95. The molecule has 0 aliphatic heterocycles. The van der Waals surface area contributed by atoms with E-state index in [1.807, 2.05) is 23.6 Å². The summed E-state index contributed by atoms with van der Waals surface area (Å²) >= 11 is 5.12. The highest BCUT2D eigenvalue weighted by atomic mass is 79.9. The van der Waals surface area contributed by atoms with Crippen molar-refractivity contribution in [2.24, 2.45) is 0 Å². The first kappa shape index (κ1) is 10.7. The second-order valence-corrected chi connectivity index (χ2v) is 5.18. The van der Waals surface area contributed by atoms with Crippen LogP contribution in [-0.4, -0.2) is 22.1 Å². The van der Waals surface area contributed by atoms with E-state index in [9.17, 15) is 0 Å². The normalized spacial score (nSPS) is 10.9. The summed E-state index contributed by atoms with van der Waals surface area (Å²) < 4.78 is 6.11. The summed E-state index contributed by atoms with van der Waals surface area (Å²) in [6, 6.07) is 5.73. The molecule has 17 heavy (non-hydrogen) atoms. The maximum atomic E-state index is 5.07. The highest BCUT2D eigenvalue weighted by Crippen LogP contribution is 2.32. The zero-order valence-electron chi connectivity index (χ0n) is 8.90. The van der Waals surface area contributed by atoms with Crippen LogP contribution in [0.2, 0.25) is 0 Å². The SMILES string of the molecule is COc1ccc2[nH]c(-c3sccc3Br)nc2n1. The minimum absolute atomic E-state index is 0.570. The Bertz CT molecular complexity index is 676. The number of nitrogens with one attached hydrogen (secondary N) is 1. The van der Waals surface area contributed by atoms with E-state index in [0.717, 1.165) is 20.7 Å². The molecule has 0 aromatic carbocycles. The number of pyridine rings is 1. The van der Waals surface area contributed by atoms with E-state index in [2.05, 4.69) is 30.9 Å². The number of halogens is 1. The number of thiophene rings is 1. The average Bonchev–Trinajstić information content (AvgIpc) is 2.93. The first-order valence-corrected chi connectivity index (χ1v) is 6.59. The minimum atomic E-state index is 0.570. The number of aromatic amines is 1. The molecular weight excluding hydrogens is 302 g/mol. The third-order valence-electron chi connectivity index (χ3n) is 2.36. The quantitative estimate of drug-likeness (QED) is 0.788. The molecule has 0 atom stereocenters. The monoisotopic (exact) mass is 309 g/mol. The van der Waals surface area contributed by atoms with Crippen LogP contribution in [0.3, 0.4) is 0 Å². The first-order chi connectivity index (χ1) is 8.28. The van der Waals surface area contributed by atoms with Crippen LogP contribution in [-0.2, 0) is 0 Å². The molecule has 1 N–H and O–H groups in total. The number of hydrogen-bond donors (Lipinski definition) is 1. The molecule has 0 saturated heterocycles. The van der Waals surface area contributed by atoms with Gasteiger partial charge in [0.1, 0.15) is 0 Å². The molecule has 0 aliphatic carbocycles. The molecule has 6 heteroatoms. The van der Waals surface area contributed by atoms with Crippen LogP contribution >= 0.6 is 27.3 Å².